The van der Waals surface area contributed by atoms with Gasteiger partial charge in [0, 0.05) is 17.8 Å². The molecule has 8 heteroatoms. The topological polar surface area (TPSA) is 98.0 Å². The van der Waals surface area contributed by atoms with Gasteiger partial charge in [-0.1, -0.05) is 11.6 Å². The smallest absolute Gasteiger partial charge is 0.270 e. The van der Waals surface area contributed by atoms with Gasteiger partial charge in [-0.15, -0.1) is 0 Å². The fourth-order valence-electron chi connectivity index (χ4n) is 1.67. The van der Waals surface area contributed by atoms with Crippen LogP contribution in [0.4, 0.5) is 5.69 Å². The van der Waals surface area contributed by atoms with Gasteiger partial charge in [-0.2, -0.15) is 0 Å². The summed E-state index contributed by atoms with van der Waals surface area (Å²) < 4.78 is 0. The Labute approximate surface area is 125 Å². The molecule has 1 amide bonds. The van der Waals surface area contributed by atoms with E-state index in [2.05, 4.69) is 15.3 Å². The second kappa shape index (κ2) is 6.27. The minimum atomic E-state index is -0.582. The number of amides is 1. The Bertz CT molecular complexity index is 706. The number of nitro benzene ring substituents is 1. The maximum atomic E-state index is 12.0. The molecule has 1 heterocycles. The molecular formula is C13H11ClN4O3. The van der Waals surface area contributed by atoms with E-state index in [0.29, 0.717) is 5.69 Å². The van der Waals surface area contributed by atoms with Gasteiger partial charge in [0.1, 0.15) is 6.33 Å². The molecule has 0 aliphatic heterocycles. The first kappa shape index (κ1) is 14.9. The first-order chi connectivity index (χ1) is 9.97. The van der Waals surface area contributed by atoms with Gasteiger partial charge >= 0.3 is 0 Å². The first-order valence-corrected chi connectivity index (χ1v) is 6.35. The summed E-state index contributed by atoms with van der Waals surface area (Å²) in [6.07, 6.45) is 1.40. The number of hydrogen-bond donors (Lipinski definition) is 1. The lowest BCUT2D eigenvalue weighted by Crippen LogP contribution is -2.23. The summed E-state index contributed by atoms with van der Waals surface area (Å²) in [4.78, 5) is 30.1. The largest absolute Gasteiger partial charge is 0.346 e. The summed E-state index contributed by atoms with van der Waals surface area (Å²) in [6, 6.07) is 5.44. The number of aromatic nitrogens is 2. The first-order valence-electron chi connectivity index (χ1n) is 5.97. The average Bonchev–Trinajstić information content (AvgIpc) is 2.45. The van der Waals surface area contributed by atoms with Gasteiger partial charge in [-0.25, -0.2) is 9.97 Å². The third-order valence-electron chi connectivity index (χ3n) is 2.70. The molecule has 0 atom stereocenters. The summed E-state index contributed by atoms with van der Waals surface area (Å²) >= 11 is 5.89. The van der Waals surface area contributed by atoms with E-state index in [1.165, 1.54) is 18.5 Å². The predicted octanol–water partition coefficient (Wildman–Crippen LogP) is 2.28. The number of nitro groups is 1. The number of nitrogens with zero attached hydrogens (tertiary/aromatic N) is 3. The molecule has 2 rings (SSSR count). The number of hydrogen-bond acceptors (Lipinski definition) is 5. The molecule has 0 saturated heterocycles. The van der Waals surface area contributed by atoms with E-state index in [1.807, 2.05) is 6.92 Å². The number of non-ortho nitro benzene ring substituents is 1. The molecule has 1 aromatic carbocycles. The molecule has 2 aromatic rings. The SMILES string of the molecule is Cc1cc(CNC(=O)c2cc([N+](=O)[O-])ccc2Cl)ncn1. The van der Waals surface area contributed by atoms with Crippen LogP contribution in [0.1, 0.15) is 21.7 Å². The van der Waals surface area contributed by atoms with Gasteiger partial charge in [-0.3, -0.25) is 14.9 Å². The van der Waals surface area contributed by atoms with Crippen LogP contribution in [-0.4, -0.2) is 20.8 Å². The highest BCUT2D eigenvalue weighted by molar-refractivity contribution is 6.33. The van der Waals surface area contributed by atoms with Crippen molar-refractivity contribution in [2.75, 3.05) is 0 Å². The molecule has 21 heavy (non-hydrogen) atoms. The van der Waals surface area contributed by atoms with Gasteiger partial charge in [0.25, 0.3) is 11.6 Å². The summed E-state index contributed by atoms with van der Waals surface area (Å²) in [6.45, 7) is 1.99. The number of halogens is 1. The van der Waals surface area contributed by atoms with E-state index < -0.39 is 10.8 Å². The van der Waals surface area contributed by atoms with Crippen LogP contribution in [0.2, 0.25) is 5.02 Å². The minimum Gasteiger partial charge on any atom is -0.346 e. The lowest BCUT2D eigenvalue weighted by Gasteiger charge is -2.06. The molecule has 0 saturated carbocycles. The quantitative estimate of drug-likeness (QED) is 0.690. The van der Waals surface area contributed by atoms with E-state index in [0.717, 1.165) is 11.8 Å². The summed E-state index contributed by atoms with van der Waals surface area (Å²) in [5, 5.41) is 13.5. The second-order valence-corrected chi connectivity index (χ2v) is 4.66. The van der Waals surface area contributed by atoms with Crippen LogP contribution in [0.3, 0.4) is 0 Å². The van der Waals surface area contributed by atoms with Crippen molar-refractivity contribution in [2.24, 2.45) is 0 Å². The lowest BCUT2D eigenvalue weighted by molar-refractivity contribution is -0.384. The zero-order chi connectivity index (χ0) is 15.4. The van der Waals surface area contributed by atoms with Gasteiger partial charge in [-0.05, 0) is 19.1 Å². The third kappa shape index (κ3) is 3.73. The molecule has 108 valence electrons. The number of aryl methyl sites for hydroxylation is 1. The van der Waals surface area contributed by atoms with Gasteiger partial charge in [0.2, 0.25) is 0 Å². The van der Waals surface area contributed by atoms with E-state index in [1.54, 1.807) is 6.07 Å². The van der Waals surface area contributed by atoms with Crippen LogP contribution in [0.15, 0.2) is 30.6 Å². The number of carbonyl (C=O) groups excluding carboxylic acids is 1. The van der Waals surface area contributed by atoms with Crippen molar-refractivity contribution >= 4 is 23.2 Å². The van der Waals surface area contributed by atoms with Crippen LogP contribution in [0.5, 0.6) is 0 Å². The van der Waals surface area contributed by atoms with Gasteiger partial charge in [0.15, 0.2) is 0 Å². The zero-order valence-corrected chi connectivity index (χ0v) is 11.8. The van der Waals surface area contributed by atoms with Crippen molar-refractivity contribution in [1.29, 1.82) is 0 Å². The van der Waals surface area contributed by atoms with Crippen LogP contribution in [-0.2, 0) is 6.54 Å². The molecule has 7 nitrogen and oxygen atoms in total. The maximum absolute atomic E-state index is 12.0. The van der Waals surface area contributed by atoms with Gasteiger partial charge < -0.3 is 5.32 Å². The second-order valence-electron chi connectivity index (χ2n) is 4.25. The van der Waals surface area contributed by atoms with Crippen molar-refractivity contribution in [2.45, 2.75) is 13.5 Å². The molecule has 0 fully saturated rings. The molecule has 0 unspecified atom stereocenters. The van der Waals surface area contributed by atoms with Crippen molar-refractivity contribution < 1.29 is 9.72 Å². The standard InChI is InChI=1S/C13H11ClN4O3/c1-8-4-9(17-7-16-8)6-15-13(19)11-5-10(18(20)21)2-3-12(11)14/h2-5,7H,6H2,1H3,(H,15,19). The Morgan fingerprint density at radius 3 is 2.81 bits per heavy atom. The third-order valence-corrected chi connectivity index (χ3v) is 3.03. The molecule has 0 bridgehead atoms. The highest BCUT2D eigenvalue weighted by Crippen LogP contribution is 2.21. The number of rotatable bonds is 4. The van der Waals surface area contributed by atoms with E-state index in [9.17, 15) is 14.9 Å². The summed E-state index contributed by atoms with van der Waals surface area (Å²) in [5.41, 5.74) is 1.28. The molecule has 0 spiro atoms. The van der Waals surface area contributed by atoms with Crippen molar-refractivity contribution in [1.82, 2.24) is 15.3 Å². The van der Waals surface area contributed by atoms with E-state index >= 15 is 0 Å². The zero-order valence-electron chi connectivity index (χ0n) is 11.0. The molecule has 1 aromatic heterocycles. The van der Waals surface area contributed by atoms with Crippen molar-refractivity contribution in [3.63, 3.8) is 0 Å². The monoisotopic (exact) mass is 306 g/mol. The Balaban J connectivity index is 2.13. The molecule has 0 radical (unpaired) electrons. The average molecular weight is 307 g/mol. The van der Waals surface area contributed by atoms with E-state index in [-0.39, 0.29) is 22.8 Å². The van der Waals surface area contributed by atoms with Crippen molar-refractivity contribution in [3.05, 3.63) is 62.7 Å². The molecular weight excluding hydrogens is 296 g/mol. The Hall–Kier alpha value is -2.54. The van der Waals surface area contributed by atoms with Crippen molar-refractivity contribution in [3.8, 4) is 0 Å². The Kier molecular flexibility index (Phi) is 4.44. The number of carbonyl (C=O) groups is 1. The number of nitrogens with one attached hydrogen (secondary N) is 1. The van der Waals surface area contributed by atoms with Crippen LogP contribution in [0.25, 0.3) is 0 Å². The Morgan fingerprint density at radius 1 is 1.38 bits per heavy atom. The van der Waals surface area contributed by atoms with E-state index in [4.69, 9.17) is 11.6 Å². The maximum Gasteiger partial charge on any atom is 0.270 e. The van der Waals surface area contributed by atoms with Crippen LogP contribution >= 0.6 is 11.6 Å². The number of benzene rings is 1. The highest BCUT2D eigenvalue weighted by atomic mass is 35.5. The van der Waals surface area contributed by atoms with Crippen LogP contribution < -0.4 is 5.32 Å². The minimum absolute atomic E-state index is 0.0524. The Morgan fingerprint density at radius 2 is 2.14 bits per heavy atom. The lowest BCUT2D eigenvalue weighted by atomic mass is 10.2. The summed E-state index contributed by atoms with van der Waals surface area (Å²) in [5.74, 6) is -0.500. The molecule has 1 N–H and O–H groups in total. The normalized spacial score (nSPS) is 10.2. The summed E-state index contributed by atoms with van der Waals surface area (Å²) in [7, 11) is 0. The predicted molar refractivity (Wildman–Crippen MR) is 76.0 cm³/mol. The molecule has 0 aliphatic rings. The van der Waals surface area contributed by atoms with Gasteiger partial charge in [0.05, 0.1) is 27.7 Å². The fraction of sp³-hybridized carbons (Fsp3) is 0.154. The molecule has 0 aliphatic carbocycles. The van der Waals surface area contributed by atoms with Crippen LogP contribution in [0, 0.1) is 17.0 Å². The fourth-order valence-corrected chi connectivity index (χ4v) is 1.88. The highest BCUT2D eigenvalue weighted by Gasteiger charge is 2.15.